The highest BCUT2D eigenvalue weighted by Gasteiger charge is 2.29. The first kappa shape index (κ1) is 11.6. The Labute approximate surface area is 98.4 Å². The van der Waals surface area contributed by atoms with Crippen molar-refractivity contribution in [3.63, 3.8) is 0 Å². The van der Waals surface area contributed by atoms with Crippen molar-refractivity contribution < 1.29 is 19.4 Å². The number of carboxylic acids is 1. The smallest absolute Gasteiger partial charge is 0.339 e. The third kappa shape index (κ3) is 2.43. The Morgan fingerprint density at radius 3 is 2.76 bits per heavy atom. The molecule has 90 valence electrons. The fraction of sp³-hybridized carbons (Fsp3) is 0.417. The minimum atomic E-state index is -1.33. The van der Waals surface area contributed by atoms with Gasteiger partial charge in [0.1, 0.15) is 0 Å². The minimum Gasteiger partial charge on any atom is -0.543 e. The quantitative estimate of drug-likeness (QED) is 0.709. The van der Waals surface area contributed by atoms with Crippen molar-refractivity contribution in [1.29, 1.82) is 0 Å². The fourth-order valence-electron chi connectivity index (χ4n) is 1.69. The van der Waals surface area contributed by atoms with Gasteiger partial charge in [-0.1, -0.05) is 0 Å². The molecule has 5 heteroatoms. The van der Waals surface area contributed by atoms with Crippen LogP contribution in [0.3, 0.4) is 0 Å². The Morgan fingerprint density at radius 1 is 1.53 bits per heavy atom. The van der Waals surface area contributed by atoms with Crippen LogP contribution in [-0.4, -0.2) is 23.5 Å². The number of aromatic carboxylic acids is 1. The molecule has 1 aliphatic rings. The van der Waals surface area contributed by atoms with E-state index >= 15 is 0 Å². The Bertz CT molecular complexity index is 466. The summed E-state index contributed by atoms with van der Waals surface area (Å²) >= 11 is 0. The number of pyridine rings is 1. The van der Waals surface area contributed by atoms with Gasteiger partial charge in [0.2, 0.25) is 0 Å². The predicted octanol–water partition coefficient (Wildman–Crippen LogP) is 0.499. The van der Waals surface area contributed by atoms with E-state index in [4.69, 9.17) is 4.74 Å². The molecule has 0 amide bonds. The van der Waals surface area contributed by atoms with Gasteiger partial charge in [0.15, 0.2) is 0 Å². The van der Waals surface area contributed by atoms with Crippen molar-refractivity contribution >= 4 is 11.9 Å². The number of hydrogen-bond acceptors (Lipinski definition) is 5. The van der Waals surface area contributed by atoms with Gasteiger partial charge in [-0.3, -0.25) is 4.98 Å². The molecule has 17 heavy (non-hydrogen) atoms. The molecule has 0 aliphatic heterocycles. The molecule has 1 fully saturated rings. The summed E-state index contributed by atoms with van der Waals surface area (Å²) in [6, 6.07) is 1.42. The highest BCUT2D eigenvalue weighted by molar-refractivity contribution is 5.92. The van der Waals surface area contributed by atoms with E-state index in [2.05, 4.69) is 4.98 Å². The average Bonchev–Trinajstić information content (AvgIpc) is 3.12. The maximum atomic E-state index is 11.7. The molecule has 1 heterocycles. The average molecular weight is 234 g/mol. The lowest BCUT2D eigenvalue weighted by Crippen LogP contribution is -2.24. The molecular formula is C12H12NO4-. The first-order chi connectivity index (χ1) is 8.13. The maximum absolute atomic E-state index is 11.7. The lowest BCUT2D eigenvalue weighted by Gasteiger charge is -2.10. The van der Waals surface area contributed by atoms with Gasteiger partial charge in [-0.25, -0.2) is 4.79 Å². The second-order valence-corrected chi connectivity index (χ2v) is 3.94. The number of ether oxygens (including phenoxy) is 1. The zero-order chi connectivity index (χ0) is 12.4. The number of aromatic nitrogens is 1. The van der Waals surface area contributed by atoms with Gasteiger partial charge in [-0.05, 0) is 37.3 Å². The molecule has 2 rings (SSSR count). The van der Waals surface area contributed by atoms with E-state index in [1.807, 2.05) is 0 Å². The summed E-state index contributed by atoms with van der Waals surface area (Å²) in [5.41, 5.74) is 0.928. The topological polar surface area (TPSA) is 79.3 Å². The molecule has 1 aliphatic carbocycles. The van der Waals surface area contributed by atoms with Crippen LogP contribution in [0, 0.1) is 0 Å². The summed E-state index contributed by atoms with van der Waals surface area (Å²) in [5, 5.41) is 10.7. The largest absolute Gasteiger partial charge is 0.543 e. The maximum Gasteiger partial charge on any atom is 0.339 e. The molecular weight excluding hydrogens is 222 g/mol. The first-order valence-electron chi connectivity index (χ1n) is 5.52. The van der Waals surface area contributed by atoms with Crippen molar-refractivity contribution in [1.82, 2.24) is 4.98 Å². The molecule has 0 N–H and O–H groups in total. The summed E-state index contributed by atoms with van der Waals surface area (Å²) in [6.07, 6.45) is 3.18. The van der Waals surface area contributed by atoms with Gasteiger partial charge in [0, 0.05) is 6.20 Å². The summed E-state index contributed by atoms with van der Waals surface area (Å²) in [4.78, 5) is 26.1. The summed E-state index contributed by atoms with van der Waals surface area (Å²) < 4.78 is 4.90. The number of esters is 1. The van der Waals surface area contributed by atoms with Crippen molar-refractivity contribution in [3.8, 4) is 0 Å². The zero-order valence-corrected chi connectivity index (χ0v) is 9.43. The van der Waals surface area contributed by atoms with Crippen LogP contribution in [0.2, 0.25) is 0 Å². The van der Waals surface area contributed by atoms with Gasteiger partial charge in [0.25, 0.3) is 0 Å². The van der Waals surface area contributed by atoms with Gasteiger partial charge >= 0.3 is 5.97 Å². The molecule has 5 nitrogen and oxygen atoms in total. The first-order valence-corrected chi connectivity index (χ1v) is 5.52. The third-order valence-electron chi connectivity index (χ3n) is 2.66. The van der Waals surface area contributed by atoms with E-state index in [9.17, 15) is 14.7 Å². The molecule has 0 radical (unpaired) electrons. The van der Waals surface area contributed by atoms with Crippen LogP contribution in [0.25, 0.3) is 0 Å². The Hall–Kier alpha value is -1.91. The number of nitrogens with zero attached hydrogens (tertiary/aromatic N) is 1. The fourth-order valence-corrected chi connectivity index (χ4v) is 1.69. The lowest BCUT2D eigenvalue weighted by molar-refractivity contribution is -0.255. The van der Waals surface area contributed by atoms with E-state index in [1.54, 1.807) is 6.92 Å². The Kier molecular flexibility index (Phi) is 3.08. The van der Waals surface area contributed by atoms with Crippen molar-refractivity contribution in [2.24, 2.45) is 0 Å². The molecule has 0 saturated heterocycles. The van der Waals surface area contributed by atoms with Crippen molar-refractivity contribution in [3.05, 3.63) is 29.1 Å². The second kappa shape index (κ2) is 4.53. The van der Waals surface area contributed by atoms with Gasteiger partial charge in [-0.15, -0.1) is 0 Å². The van der Waals surface area contributed by atoms with Crippen LogP contribution in [0.15, 0.2) is 12.3 Å². The minimum absolute atomic E-state index is 0.139. The summed E-state index contributed by atoms with van der Waals surface area (Å²) in [7, 11) is 0. The number of carboxylic acid groups (broad SMARTS) is 1. The molecule has 0 spiro atoms. The zero-order valence-electron chi connectivity index (χ0n) is 9.43. The molecule has 0 bridgehead atoms. The second-order valence-electron chi connectivity index (χ2n) is 3.94. The monoisotopic (exact) mass is 234 g/mol. The van der Waals surface area contributed by atoms with Gasteiger partial charge < -0.3 is 14.6 Å². The lowest BCUT2D eigenvalue weighted by atomic mass is 10.0. The Morgan fingerprint density at radius 2 is 2.24 bits per heavy atom. The van der Waals surface area contributed by atoms with Crippen LogP contribution in [-0.2, 0) is 4.74 Å². The summed E-state index contributed by atoms with van der Waals surface area (Å²) in [5.74, 6) is -1.54. The van der Waals surface area contributed by atoms with Gasteiger partial charge in [0.05, 0.1) is 23.8 Å². The van der Waals surface area contributed by atoms with E-state index in [1.165, 1.54) is 12.3 Å². The van der Waals surface area contributed by atoms with Crippen molar-refractivity contribution in [2.45, 2.75) is 25.7 Å². The number of carbonyl (C=O) groups excluding carboxylic acids is 2. The van der Waals surface area contributed by atoms with Crippen LogP contribution in [0.5, 0.6) is 0 Å². The number of carbonyl (C=O) groups is 2. The Balaban J connectivity index is 2.37. The van der Waals surface area contributed by atoms with Gasteiger partial charge in [-0.2, -0.15) is 0 Å². The molecule has 1 aromatic rings. The van der Waals surface area contributed by atoms with E-state index in [0.29, 0.717) is 11.1 Å². The third-order valence-corrected chi connectivity index (χ3v) is 2.66. The number of hydrogen-bond donors (Lipinski definition) is 0. The molecule has 1 aromatic heterocycles. The van der Waals surface area contributed by atoms with Crippen LogP contribution in [0.4, 0.5) is 0 Å². The van der Waals surface area contributed by atoms with E-state index in [0.717, 1.165) is 12.8 Å². The van der Waals surface area contributed by atoms with E-state index < -0.39 is 11.9 Å². The molecule has 1 saturated carbocycles. The normalized spacial score (nSPS) is 14.4. The van der Waals surface area contributed by atoms with Crippen LogP contribution < -0.4 is 5.11 Å². The van der Waals surface area contributed by atoms with E-state index in [-0.39, 0.29) is 18.2 Å². The molecule has 0 unspecified atom stereocenters. The molecule has 0 aromatic carbocycles. The number of rotatable bonds is 4. The predicted molar refractivity (Wildman–Crippen MR) is 56.5 cm³/mol. The highest BCUT2D eigenvalue weighted by atomic mass is 16.5. The van der Waals surface area contributed by atoms with Crippen LogP contribution >= 0.6 is 0 Å². The molecule has 0 atom stereocenters. The van der Waals surface area contributed by atoms with Crippen molar-refractivity contribution in [2.75, 3.05) is 6.61 Å². The van der Waals surface area contributed by atoms with Crippen LogP contribution in [0.1, 0.15) is 52.1 Å². The highest BCUT2D eigenvalue weighted by Crippen LogP contribution is 2.41. The standard InChI is InChI=1S/C12H13NO4/c1-2-17-12(16)9-6-13-10(11(14)15)5-8(9)7-3-4-7/h5-7H,2-4H2,1H3,(H,14,15)/p-1. The SMILES string of the molecule is CCOC(=O)c1cnc(C(=O)[O-])cc1C1CC1. The summed E-state index contributed by atoms with van der Waals surface area (Å²) in [6.45, 7) is 2.00.